The van der Waals surface area contributed by atoms with Crippen LogP contribution in [0.2, 0.25) is 0 Å². The molecule has 0 aliphatic carbocycles. The summed E-state index contributed by atoms with van der Waals surface area (Å²) in [7, 11) is 0. The molecule has 3 nitrogen and oxygen atoms in total. The van der Waals surface area contributed by atoms with Crippen LogP contribution in [-0.4, -0.2) is 18.1 Å². The van der Waals surface area contributed by atoms with Crippen LogP contribution >= 0.6 is 27.3 Å². The van der Waals surface area contributed by atoms with E-state index < -0.39 is 0 Å². The Morgan fingerprint density at radius 3 is 3.00 bits per heavy atom. The second-order valence-corrected chi connectivity index (χ2v) is 5.47. The van der Waals surface area contributed by atoms with Gasteiger partial charge in [0.1, 0.15) is 0 Å². The summed E-state index contributed by atoms with van der Waals surface area (Å²) in [5, 5.41) is 6.73. The normalized spacial score (nSPS) is 10.4. The summed E-state index contributed by atoms with van der Waals surface area (Å²) >= 11 is 5.13. The van der Waals surface area contributed by atoms with Gasteiger partial charge in [0.15, 0.2) is 0 Å². The quantitative estimate of drug-likeness (QED) is 0.805. The Bertz CT molecular complexity index is 445. The summed E-state index contributed by atoms with van der Waals surface area (Å²) < 4.78 is 1.10. The standard InChI is InChI=1S/C12H14BrN3S/c13-10-2-1-3-11(6-10)16-5-4-14-7-12-8-15-9-17-12/h1-3,6,8-9,14,16H,4-5,7H2. The maximum absolute atomic E-state index is 4.04. The van der Waals surface area contributed by atoms with E-state index in [9.17, 15) is 0 Å². The molecule has 0 unspecified atom stereocenters. The molecule has 1 heterocycles. The van der Waals surface area contributed by atoms with E-state index in [1.807, 2.05) is 23.8 Å². The number of anilines is 1. The highest BCUT2D eigenvalue weighted by Crippen LogP contribution is 2.15. The van der Waals surface area contributed by atoms with Gasteiger partial charge in [0.2, 0.25) is 0 Å². The highest BCUT2D eigenvalue weighted by atomic mass is 79.9. The van der Waals surface area contributed by atoms with Gasteiger partial charge in [-0.3, -0.25) is 4.98 Å². The Hall–Kier alpha value is -0.910. The fraction of sp³-hybridized carbons (Fsp3) is 0.250. The van der Waals surface area contributed by atoms with E-state index in [1.165, 1.54) is 4.88 Å². The van der Waals surface area contributed by atoms with Crippen molar-refractivity contribution in [3.8, 4) is 0 Å². The summed E-state index contributed by atoms with van der Waals surface area (Å²) in [5.41, 5.74) is 3.00. The summed E-state index contributed by atoms with van der Waals surface area (Å²) in [6.07, 6.45) is 1.90. The van der Waals surface area contributed by atoms with Crippen LogP contribution in [0.1, 0.15) is 4.88 Å². The maximum Gasteiger partial charge on any atom is 0.0794 e. The van der Waals surface area contributed by atoms with Crippen molar-refractivity contribution in [2.45, 2.75) is 6.54 Å². The van der Waals surface area contributed by atoms with Gasteiger partial charge in [-0.05, 0) is 18.2 Å². The Labute approximate surface area is 113 Å². The molecule has 0 spiro atoms. The molecule has 90 valence electrons. The maximum atomic E-state index is 4.04. The molecular weight excluding hydrogens is 298 g/mol. The lowest BCUT2D eigenvalue weighted by molar-refractivity contribution is 0.713. The predicted octanol–water partition coefficient (Wildman–Crippen LogP) is 3.11. The second-order valence-electron chi connectivity index (χ2n) is 3.58. The number of hydrogen-bond donors (Lipinski definition) is 2. The third-order valence-corrected chi connectivity index (χ3v) is 3.51. The van der Waals surface area contributed by atoms with E-state index in [-0.39, 0.29) is 0 Å². The molecular formula is C12H14BrN3S. The first-order chi connectivity index (χ1) is 8.34. The topological polar surface area (TPSA) is 37.0 Å². The van der Waals surface area contributed by atoms with Crippen LogP contribution in [0.5, 0.6) is 0 Å². The molecule has 1 aromatic heterocycles. The first kappa shape index (κ1) is 12.5. The Balaban J connectivity index is 1.63. The number of halogens is 1. The Morgan fingerprint density at radius 2 is 2.24 bits per heavy atom. The first-order valence-corrected chi connectivity index (χ1v) is 7.09. The molecule has 0 radical (unpaired) electrons. The van der Waals surface area contributed by atoms with Crippen LogP contribution < -0.4 is 10.6 Å². The third-order valence-electron chi connectivity index (χ3n) is 2.24. The summed E-state index contributed by atoms with van der Waals surface area (Å²) in [6, 6.07) is 8.18. The average molecular weight is 312 g/mol. The highest BCUT2D eigenvalue weighted by molar-refractivity contribution is 9.10. The van der Waals surface area contributed by atoms with E-state index in [0.29, 0.717) is 0 Å². The number of hydrogen-bond acceptors (Lipinski definition) is 4. The van der Waals surface area contributed by atoms with Crippen molar-refractivity contribution >= 4 is 33.0 Å². The Morgan fingerprint density at radius 1 is 1.29 bits per heavy atom. The monoisotopic (exact) mass is 311 g/mol. The zero-order valence-electron chi connectivity index (χ0n) is 9.32. The zero-order chi connectivity index (χ0) is 11.9. The molecule has 0 saturated heterocycles. The minimum Gasteiger partial charge on any atom is -0.384 e. The van der Waals surface area contributed by atoms with E-state index in [4.69, 9.17) is 0 Å². The molecule has 0 aliphatic heterocycles. The number of rotatable bonds is 6. The van der Waals surface area contributed by atoms with Crippen LogP contribution in [0.4, 0.5) is 5.69 Å². The van der Waals surface area contributed by atoms with Crippen molar-refractivity contribution < 1.29 is 0 Å². The highest BCUT2D eigenvalue weighted by Gasteiger charge is 1.94. The second kappa shape index (κ2) is 6.74. The molecule has 2 aromatic rings. The van der Waals surface area contributed by atoms with E-state index in [2.05, 4.69) is 43.7 Å². The molecule has 0 aliphatic rings. The van der Waals surface area contributed by atoms with Gasteiger partial charge in [0.05, 0.1) is 5.51 Å². The van der Waals surface area contributed by atoms with Gasteiger partial charge in [0.25, 0.3) is 0 Å². The summed E-state index contributed by atoms with van der Waals surface area (Å²) in [6.45, 7) is 2.74. The lowest BCUT2D eigenvalue weighted by Crippen LogP contribution is -2.21. The van der Waals surface area contributed by atoms with Crippen LogP contribution in [0.3, 0.4) is 0 Å². The fourth-order valence-corrected chi connectivity index (χ4v) is 2.40. The zero-order valence-corrected chi connectivity index (χ0v) is 11.7. The van der Waals surface area contributed by atoms with Crippen molar-refractivity contribution in [2.75, 3.05) is 18.4 Å². The van der Waals surface area contributed by atoms with Crippen molar-refractivity contribution in [2.24, 2.45) is 0 Å². The van der Waals surface area contributed by atoms with Crippen molar-refractivity contribution in [1.29, 1.82) is 0 Å². The van der Waals surface area contributed by atoms with E-state index in [0.717, 1.165) is 29.8 Å². The van der Waals surface area contributed by atoms with Gasteiger partial charge in [-0.15, -0.1) is 11.3 Å². The molecule has 2 rings (SSSR count). The van der Waals surface area contributed by atoms with Gasteiger partial charge in [-0.2, -0.15) is 0 Å². The molecule has 0 saturated carbocycles. The average Bonchev–Trinajstić information content (AvgIpc) is 2.82. The molecule has 17 heavy (non-hydrogen) atoms. The molecule has 5 heteroatoms. The van der Waals surface area contributed by atoms with Crippen molar-refractivity contribution in [3.63, 3.8) is 0 Å². The van der Waals surface area contributed by atoms with Crippen LogP contribution in [0, 0.1) is 0 Å². The van der Waals surface area contributed by atoms with Gasteiger partial charge in [-0.1, -0.05) is 22.0 Å². The Kier molecular flexibility index (Phi) is 4.97. The summed E-state index contributed by atoms with van der Waals surface area (Å²) in [4.78, 5) is 5.31. The fourth-order valence-electron chi connectivity index (χ4n) is 1.43. The van der Waals surface area contributed by atoms with Crippen LogP contribution in [0.15, 0.2) is 40.4 Å². The summed E-state index contributed by atoms with van der Waals surface area (Å²) in [5.74, 6) is 0. The van der Waals surface area contributed by atoms with E-state index >= 15 is 0 Å². The molecule has 0 amide bonds. The van der Waals surface area contributed by atoms with Gasteiger partial charge in [0, 0.05) is 40.9 Å². The largest absolute Gasteiger partial charge is 0.384 e. The SMILES string of the molecule is Brc1cccc(NCCNCc2cncs2)c1. The van der Waals surface area contributed by atoms with Crippen LogP contribution in [-0.2, 0) is 6.54 Å². The number of aromatic nitrogens is 1. The minimum absolute atomic E-state index is 0.894. The minimum atomic E-state index is 0.894. The van der Waals surface area contributed by atoms with E-state index in [1.54, 1.807) is 11.3 Å². The number of nitrogens with one attached hydrogen (secondary N) is 2. The number of nitrogens with zero attached hydrogens (tertiary/aromatic N) is 1. The first-order valence-electron chi connectivity index (χ1n) is 5.42. The number of benzene rings is 1. The number of thiazole rings is 1. The van der Waals surface area contributed by atoms with Crippen molar-refractivity contribution in [3.05, 3.63) is 45.3 Å². The lowest BCUT2D eigenvalue weighted by atomic mass is 10.3. The molecule has 0 fully saturated rings. The molecule has 2 N–H and O–H groups in total. The lowest BCUT2D eigenvalue weighted by Gasteiger charge is -2.07. The van der Waals surface area contributed by atoms with Crippen LogP contribution in [0.25, 0.3) is 0 Å². The van der Waals surface area contributed by atoms with Crippen molar-refractivity contribution in [1.82, 2.24) is 10.3 Å². The predicted molar refractivity (Wildman–Crippen MR) is 76.5 cm³/mol. The van der Waals surface area contributed by atoms with Gasteiger partial charge in [-0.25, -0.2) is 0 Å². The van der Waals surface area contributed by atoms with Gasteiger partial charge < -0.3 is 10.6 Å². The molecule has 0 atom stereocenters. The van der Waals surface area contributed by atoms with Gasteiger partial charge >= 0.3 is 0 Å². The smallest absolute Gasteiger partial charge is 0.0794 e. The molecule has 1 aromatic carbocycles. The third kappa shape index (κ3) is 4.46. The molecule has 0 bridgehead atoms.